The van der Waals surface area contributed by atoms with Crippen molar-refractivity contribution in [1.29, 1.82) is 0 Å². The largest absolute Gasteiger partial charge is 0.495 e. The Labute approximate surface area is 150 Å². The van der Waals surface area contributed by atoms with Crippen LogP contribution in [0, 0.1) is 0 Å². The average Bonchev–Trinajstić information content (AvgIpc) is 2.99. The van der Waals surface area contributed by atoms with E-state index in [1.54, 1.807) is 6.07 Å². The van der Waals surface area contributed by atoms with Crippen LogP contribution in [0.3, 0.4) is 0 Å². The molecule has 1 aliphatic heterocycles. The number of benzene rings is 1. The van der Waals surface area contributed by atoms with Gasteiger partial charge in [-0.2, -0.15) is 0 Å². The topological polar surface area (TPSA) is 50.8 Å². The van der Waals surface area contributed by atoms with Gasteiger partial charge in [0.15, 0.2) is 5.75 Å². The summed E-state index contributed by atoms with van der Waals surface area (Å²) in [5, 5.41) is 3.35. The second-order valence-electron chi connectivity index (χ2n) is 5.42. The highest BCUT2D eigenvalue weighted by molar-refractivity contribution is 9.10. The second kappa shape index (κ2) is 8.22. The molecule has 1 aliphatic rings. The summed E-state index contributed by atoms with van der Waals surface area (Å²) in [7, 11) is 3.00. The predicted octanol–water partition coefficient (Wildman–Crippen LogP) is 3.33. The van der Waals surface area contributed by atoms with Gasteiger partial charge in [-0.15, -0.1) is 0 Å². The molecule has 1 fully saturated rings. The van der Waals surface area contributed by atoms with Crippen LogP contribution < -0.4 is 14.8 Å². The Bertz CT molecular complexity index is 555. The van der Waals surface area contributed by atoms with Gasteiger partial charge in [0.25, 0.3) is 5.91 Å². The molecule has 1 atom stereocenters. The Morgan fingerprint density at radius 3 is 2.74 bits per heavy atom. The SMILES string of the molecule is CCN1CCC[C@H]1CNC(=O)c1c(OC)c(Cl)cc(Br)c1OC. The van der Waals surface area contributed by atoms with Crippen LogP contribution in [0.15, 0.2) is 10.5 Å². The molecule has 0 radical (unpaired) electrons. The molecule has 1 heterocycles. The van der Waals surface area contributed by atoms with Crippen molar-refractivity contribution in [3.05, 3.63) is 21.1 Å². The number of amides is 1. The molecule has 0 saturated carbocycles. The van der Waals surface area contributed by atoms with E-state index in [4.69, 9.17) is 21.1 Å². The molecular weight excluding hydrogens is 384 g/mol. The Balaban J connectivity index is 2.21. The number of likely N-dealkylation sites (tertiary alicyclic amines) is 1. The van der Waals surface area contributed by atoms with Gasteiger partial charge in [0.05, 0.1) is 23.7 Å². The van der Waals surface area contributed by atoms with Gasteiger partial charge in [-0.25, -0.2) is 0 Å². The van der Waals surface area contributed by atoms with E-state index >= 15 is 0 Å². The van der Waals surface area contributed by atoms with Gasteiger partial charge in [-0.3, -0.25) is 9.69 Å². The Morgan fingerprint density at radius 2 is 2.13 bits per heavy atom. The summed E-state index contributed by atoms with van der Waals surface area (Å²) in [6, 6.07) is 2.04. The minimum Gasteiger partial charge on any atom is -0.495 e. The Kier molecular flexibility index (Phi) is 6.56. The molecule has 128 valence electrons. The minimum atomic E-state index is -0.246. The van der Waals surface area contributed by atoms with Crippen molar-refractivity contribution in [2.75, 3.05) is 33.9 Å². The standard InChI is InChI=1S/C16H22BrClN2O3/c1-4-20-7-5-6-10(20)9-19-16(21)13-14(22-2)11(17)8-12(18)15(13)23-3/h8,10H,4-7,9H2,1-3H3,(H,19,21)/t10-/m0/s1. The number of carbonyl (C=O) groups excluding carboxylic acids is 1. The van der Waals surface area contributed by atoms with E-state index < -0.39 is 0 Å². The van der Waals surface area contributed by atoms with Crippen LogP contribution in [0.5, 0.6) is 11.5 Å². The third kappa shape index (κ3) is 3.92. The molecule has 1 N–H and O–H groups in total. The van der Waals surface area contributed by atoms with Crippen molar-refractivity contribution >= 4 is 33.4 Å². The first kappa shape index (κ1) is 18.4. The molecule has 7 heteroatoms. The molecular formula is C16H22BrClN2O3. The highest BCUT2D eigenvalue weighted by atomic mass is 79.9. The van der Waals surface area contributed by atoms with Crippen molar-refractivity contribution < 1.29 is 14.3 Å². The van der Waals surface area contributed by atoms with Crippen LogP contribution >= 0.6 is 27.5 Å². The van der Waals surface area contributed by atoms with Crippen molar-refractivity contribution in [1.82, 2.24) is 10.2 Å². The lowest BCUT2D eigenvalue weighted by Gasteiger charge is -2.23. The number of hydrogen-bond donors (Lipinski definition) is 1. The lowest BCUT2D eigenvalue weighted by molar-refractivity contribution is 0.0935. The van der Waals surface area contributed by atoms with Crippen molar-refractivity contribution in [2.45, 2.75) is 25.8 Å². The third-order valence-corrected chi connectivity index (χ3v) is 5.05. The number of nitrogens with one attached hydrogen (secondary N) is 1. The molecule has 23 heavy (non-hydrogen) atoms. The van der Waals surface area contributed by atoms with Crippen LogP contribution in [-0.2, 0) is 0 Å². The maximum absolute atomic E-state index is 12.7. The van der Waals surface area contributed by atoms with Gasteiger partial charge in [0.1, 0.15) is 11.3 Å². The fourth-order valence-electron chi connectivity index (χ4n) is 3.03. The first-order valence-electron chi connectivity index (χ1n) is 7.65. The molecule has 1 amide bonds. The summed E-state index contributed by atoms with van der Waals surface area (Å²) < 4.78 is 11.3. The minimum absolute atomic E-state index is 0.246. The van der Waals surface area contributed by atoms with Crippen molar-refractivity contribution in [3.8, 4) is 11.5 Å². The Morgan fingerprint density at radius 1 is 1.43 bits per heavy atom. The number of carbonyl (C=O) groups is 1. The number of nitrogens with zero attached hydrogens (tertiary/aromatic N) is 1. The molecule has 0 bridgehead atoms. The normalized spacial score (nSPS) is 18.0. The van der Waals surface area contributed by atoms with Gasteiger partial charge in [-0.1, -0.05) is 18.5 Å². The summed E-state index contributed by atoms with van der Waals surface area (Å²) >= 11 is 9.56. The van der Waals surface area contributed by atoms with Crippen molar-refractivity contribution in [3.63, 3.8) is 0 Å². The zero-order valence-corrected chi connectivity index (χ0v) is 16.0. The van der Waals surface area contributed by atoms with Gasteiger partial charge in [0, 0.05) is 12.6 Å². The fraction of sp³-hybridized carbons (Fsp3) is 0.562. The molecule has 1 aromatic carbocycles. The molecule has 0 unspecified atom stereocenters. The predicted molar refractivity (Wildman–Crippen MR) is 94.9 cm³/mol. The van der Waals surface area contributed by atoms with Crippen LogP contribution in [0.2, 0.25) is 5.02 Å². The molecule has 1 aromatic rings. The monoisotopic (exact) mass is 404 g/mol. The van der Waals surface area contributed by atoms with E-state index in [9.17, 15) is 4.79 Å². The first-order valence-corrected chi connectivity index (χ1v) is 8.82. The average molecular weight is 406 g/mol. The lowest BCUT2D eigenvalue weighted by Crippen LogP contribution is -2.40. The number of ether oxygens (including phenoxy) is 2. The fourth-order valence-corrected chi connectivity index (χ4v) is 4.03. The van der Waals surface area contributed by atoms with Gasteiger partial charge >= 0.3 is 0 Å². The maximum atomic E-state index is 12.7. The van der Waals surface area contributed by atoms with Crippen LogP contribution in [-0.4, -0.2) is 50.7 Å². The first-order chi connectivity index (χ1) is 11.0. The maximum Gasteiger partial charge on any atom is 0.259 e. The summed E-state index contributed by atoms with van der Waals surface area (Å²) in [4.78, 5) is 15.1. The number of likely N-dealkylation sites (N-methyl/N-ethyl adjacent to an activating group) is 1. The lowest BCUT2D eigenvalue weighted by atomic mass is 10.1. The molecule has 2 rings (SSSR count). The van der Waals surface area contributed by atoms with Gasteiger partial charge < -0.3 is 14.8 Å². The van der Waals surface area contributed by atoms with E-state index in [2.05, 4.69) is 33.1 Å². The van der Waals surface area contributed by atoms with E-state index in [-0.39, 0.29) is 5.91 Å². The van der Waals surface area contributed by atoms with E-state index in [0.29, 0.717) is 39.1 Å². The molecule has 0 aromatic heterocycles. The molecule has 1 saturated heterocycles. The van der Waals surface area contributed by atoms with E-state index in [1.807, 2.05) is 0 Å². The van der Waals surface area contributed by atoms with E-state index in [1.165, 1.54) is 20.6 Å². The molecule has 0 aliphatic carbocycles. The Hall–Kier alpha value is -0.980. The molecule has 0 spiro atoms. The van der Waals surface area contributed by atoms with Crippen LogP contribution in [0.4, 0.5) is 0 Å². The number of halogens is 2. The van der Waals surface area contributed by atoms with Crippen molar-refractivity contribution in [2.24, 2.45) is 0 Å². The van der Waals surface area contributed by atoms with Gasteiger partial charge in [0.2, 0.25) is 0 Å². The van der Waals surface area contributed by atoms with E-state index in [0.717, 1.165) is 19.5 Å². The molecule has 5 nitrogen and oxygen atoms in total. The summed E-state index contributed by atoms with van der Waals surface area (Å²) in [5.74, 6) is 0.496. The summed E-state index contributed by atoms with van der Waals surface area (Å²) in [6.07, 6.45) is 2.27. The van der Waals surface area contributed by atoms with Crippen LogP contribution in [0.1, 0.15) is 30.1 Å². The quantitative estimate of drug-likeness (QED) is 0.789. The zero-order chi connectivity index (χ0) is 17.0. The third-order valence-electron chi connectivity index (χ3n) is 4.18. The summed E-state index contributed by atoms with van der Waals surface area (Å²) in [5.41, 5.74) is 0.315. The second-order valence-corrected chi connectivity index (χ2v) is 6.68. The number of hydrogen-bond acceptors (Lipinski definition) is 4. The highest BCUT2D eigenvalue weighted by Gasteiger charge is 2.27. The van der Waals surface area contributed by atoms with Gasteiger partial charge in [-0.05, 0) is 47.9 Å². The number of rotatable bonds is 6. The zero-order valence-electron chi connectivity index (χ0n) is 13.6. The highest BCUT2D eigenvalue weighted by Crippen LogP contribution is 2.41. The smallest absolute Gasteiger partial charge is 0.259 e. The number of methoxy groups -OCH3 is 2. The van der Waals surface area contributed by atoms with Crippen LogP contribution in [0.25, 0.3) is 0 Å². The summed E-state index contributed by atoms with van der Waals surface area (Å²) in [6.45, 7) is 4.83.